The SMILES string of the molecule is CCN1CCN(c2ccc([N+](=O)[O-])c(N/N=C3/CN4CCC3CC4)c2)CC1. The number of anilines is 2. The Kier molecular flexibility index (Phi) is 5.27. The predicted molar refractivity (Wildman–Crippen MR) is 108 cm³/mol. The first-order chi connectivity index (χ1) is 13.1. The second-order valence-corrected chi connectivity index (χ2v) is 7.65. The van der Waals surface area contributed by atoms with Crippen LogP contribution in [0.25, 0.3) is 0 Å². The molecule has 0 aliphatic carbocycles. The topological polar surface area (TPSA) is 77.2 Å². The van der Waals surface area contributed by atoms with Crippen molar-refractivity contribution in [1.29, 1.82) is 0 Å². The number of piperazine rings is 1. The molecule has 1 aromatic rings. The van der Waals surface area contributed by atoms with E-state index in [0.717, 1.165) is 76.6 Å². The van der Waals surface area contributed by atoms with Crippen LogP contribution in [0.2, 0.25) is 0 Å². The largest absolute Gasteiger partial charge is 0.369 e. The molecule has 8 heteroatoms. The molecular formula is C19H28N6O2. The maximum atomic E-state index is 11.5. The van der Waals surface area contributed by atoms with Crippen molar-refractivity contribution in [2.24, 2.45) is 11.0 Å². The Morgan fingerprint density at radius 1 is 1.19 bits per heavy atom. The molecule has 0 atom stereocenters. The summed E-state index contributed by atoms with van der Waals surface area (Å²) in [5.74, 6) is 0.520. The summed E-state index contributed by atoms with van der Waals surface area (Å²) in [7, 11) is 0. The van der Waals surface area contributed by atoms with Gasteiger partial charge in [-0.2, -0.15) is 5.10 Å². The molecule has 2 bridgehead atoms. The molecule has 4 heterocycles. The molecular weight excluding hydrogens is 344 g/mol. The van der Waals surface area contributed by atoms with E-state index in [1.165, 1.54) is 0 Å². The molecule has 0 aromatic heterocycles. The minimum atomic E-state index is -0.335. The van der Waals surface area contributed by atoms with E-state index in [-0.39, 0.29) is 10.6 Å². The van der Waals surface area contributed by atoms with E-state index in [1.54, 1.807) is 6.07 Å². The van der Waals surface area contributed by atoms with Gasteiger partial charge in [0.05, 0.1) is 10.6 Å². The number of hydrazone groups is 1. The molecule has 8 nitrogen and oxygen atoms in total. The van der Waals surface area contributed by atoms with Gasteiger partial charge in [-0.25, -0.2) is 0 Å². The number of hydrogen-bond donors (Lipinski definition) is 1. The number of nitrogens with zero attached hydrogens (tertiary/aromatic N) is 5. The van der Waals surface area contributed by atoms with Gasteiger partial charge in [0.2, 0.25) is 0 Å². The molecule has 4 fully saturated rings. The summed E-state index contributed by atoms with van der Waals surface area (Å²) in [5.41, 5.74) is 5.75. The summed E-state index contributed by atoms with van der Waals surface area (Å²) < 4.78 is 0. The zero-order chi connectivity index (χ0) is 18.8. The van der Waals surface area contributed by atoms with Crippen LogP contribution >= 0.6 is 0 Å². The summed E-state index contributed by atoms with van der Waals surface area (Å²) in [4.78, 5) is 18.2. The lowest BCUT2D eigenvalue weighted by molar-refractivity contribution is -0.383. The van der Waals surface area contributed by atoms with Gasteiger partial charge in [-0.1, -0.05) is 6.92 Å². The van der Waals surface area contributed by atoms with Crippen LogP contribution in [0, 0.1) is 16.0 Å². The molecule has 4 saturated heterocycles. The van der Waals surface area contributed by atoms with Crippen molar-refractivity contribution >= 4 is 22.8 Å². The first kappa shape index (κ1) is 18.2. The molecule has 5 rings (SSSR count). The lowest BCUT2D eigenvalue weighted by Gasteiger charge is -2.39. The van der Waals surface area contributed by atoms with Crippen molar-refractivity contribution in [3.63, 3.8) is 0 Å². The molecule has 1 aromatic carbocycles. The van der Waals surface area contributed by atoms with Crippen molar-refractivity contribution < 1.29 is 4.92 Å². The Hall–Kier alpha value is -2.19. The number of benzene rings is 1. The average molecular weight is 372 g/mol. The van der Waals surface area contributed by atoms with Crippen molar-refractivity contribution in [2.45, 2.75) is 19.8 Å². The van der Waals surface area contributed by atoms with Crippen molar-refractivity contribution in [3.05, 3.63) is 28.3 Å². The normalized spacial score (nSPS) is 27.1. The van der Waals surface area contributed by atoms with Gasteiger partial charge in [-0.3, -0.25) is 20.4 Å². The summed E-state index contributed by atoms with van der Waals surface area (Å²) in [6.07, 6.45) is 2.29. The Morgan fingerprint density at radius 3 is 2.52 bits per heavy atom. The third kappa shape index (κ3) is 3.91. The fraction of sp³-hybridized carbons (Fsp3) is 0.632. The number of rotatable bonds is 5. The smallest absolute Gasteiger partial charge is 0.294 e. The zero-order valence-electron chi connectivity index (χ0n) is 15.9. The Labute approximate surface area is 160 Å². The van der Waals surface area contributed by atoms with E-state index in [2.05, 4.69) is 32.2 Å². The molecule has 0 unspecified atom stereocenters. The van der Waals surface area contributed by atoms with Gasteiger partial charge in [0.25, 0.3) is 5.69 Å². The fourth-order valence-electron chi connectivity index (χ4n) is 4.33. The molecule has 0 radical (unpaired) electrons. The van der Waals surface area contributed by atoms with Gasteiger partial charge in [0.1, 0.15) is 5.69 Å². The van der Waals surface area contributed by atoms with E-state index in [9.17, 15) is 10.1 Å². The highest BCUT2D eigenvalue weighted by Crippen LogP contribution is 2.31. The standard InChI is InChI=1S/C19H28N6O2/c1-2-22-9-11-24(12-10-22)16-3-4-19(25(26)27)17(13-16)20-21-18-14-23-7-5-15(18)6-8-23/h3-4,13,15,20H,2,5-12,14H2,1H3/b21-18-. The Bertz CT molecular complexity index is 721. The van der Waals surface area contributed by atoms with Crippen LogP contribution in [0.5, 0.6) is 0 Å². The second-order valence-electron chi connectivity index (χ2n) is 7.65. The van der Waals surface area contributed by atoms with Crippen LogP contribution in [0.4, 0.5) is 17.1 Å². The number of hydrogen-bond acceptors (Lipinski definition) is 7. The van der Waals surface area contributed by atoms with E-state index in [4.69, 9.17) is 0 Å². The minimum absolute atomic E-state index is 0.0802. The molecule has 4 aliphatic rings. The van der Waals surface area contributed by atoms with Gasteiger partial charge in [0, 0.05) is 50.4 Å². The van der Waals surface area contributed by atoms with Gasteiger partial charge in [0.15, 0.2) is 0 Å². The lowest BCUT2D eigenvalue weighted by atomic mass is 9.87. The monoisotopic (exact) mass is 372 g/mol. The Morgan fingerprint density at radius 2 is 1.93 bits per heavy atom. The Balaban J connectivity index is 1.52. The van der Waals surface area contributed by atoms with Gasteiger partial charge < -0.3 is 9.80 Å². The zero-order valence-corrected chi connectivity index (χ0v) is 15.9. The third-order valence-electron chi connectivity index (χ3n) is 6.13. The van der Waals surface area contributed by atoms with E-state index in [1.807, 2.05) is 12.1 Å². The molecule has 146 valence electrons. The highest BCUT2D eigenvalue weighted by atomic mass is 16.6. The van der Waals surface area contributed by atoms with Crippen LogP contribution in [0.15, 0.2) is 23.3 Å². The molecule has 0 spiro atoms. The predicted octanol–water partition coefficient (Wildman–Crippen LogP) is 2.23. The van der Waals surface area contributed by atoms with Crippen LogP contribution in [0.1, 0.15) is 19.8 Å². The van der Waals surface area contributed by atoms with E-state index < -0.39 is 0 Å². The summed E-state index contributed by atoms with van der Waals surface area (Å²) in [6.45, 7) is 10.3. The lowest BCUT2D eigenvalue weighted by Crippen LogP contribution is -2.48. The van der Waals surface area contributed by atoms with Gasteiger partial charge >= 0.3 is 0 Å². The fourth-order valence-corrected chi connectivity index (χ4v) is 4.33. The average Bonchev–Trinajstić information content (AvgIpc) is 2.73. The summed E-state index contributed by atoms with van der Waals surface area (Å²) in [6, 6.07) is 5.33. The number of likely N-dealkylation sites (N-methyl/N-ethyl adjacent to an activating group) is 1. The summed E-state index contributed by atoms with van der Waals surface area (Å²) >= 11 is 0. The number of nitro groups is 1. The first-order valence-electron chi connectivity index (χ1n) is 9.94. The minimum Gasteiger partial charge on any atom is -0.369 e. The van der Waals surface area contributed by atoms with Crippen LogP contribution in [-0.2, 0) is 0 Å². The van der Waals surface area contributed by atoms with Crippen LogP contribution in [-0.4, -0.2) is 72.8 Å². The molecule has 27 heavy (non-hydrogen) atoms. The van der Waals surface area contributed by atoms with Crippen molar-refractivity contribution in [2.75, 3.05) is 62.7 Å². The van der Waals surface area contributed by atoms with Crippen LogP contribution in [0.3, 0.4) is 0 Å². The maximum absolute atomic E-state index is 11.5. The number of piperidine rings is 3. The molecule has 1 N–H and O–H groups in total. The molecule has 4 aliphatic heterocycles. The van der Waals surface area contributed by atoms with Crippen molar-refractivity contribution in [1.82, 2.24) is 9.80 Å². The second kappa shape index (κ2) is 7.82. The van der Waals surface area contributed by atoms with E-state index in [0.29, 0.717) is 11.6 Å². The van der Waals surface area contributed by atoms with E-state index >= 15 is 0 Å². The highest BCUT2D eigenvalue weighted by Gasteiger charge is 2.31. The first-order valence-corrected chi connectivity index (χ1v) is 9.94. The van der Waals surface area contributed by atoms with Crippen molar-refractivity contribution in [3.8, 4) is 0 Å². The summed E-state index contributed by atoms with van der Waals surface area (Å²) in [5, 5.41) is 16.0. The van der Waals surface area contributed by atoms with Crippen LogP contribution < -0.4 is 10.3 Å². The van der Waals surface area contributed by atoms with Gasteiger partial charge in [-0.15, -0.1) is 0 Å². The number of nitro benzene ring substituents is 1. The molecule has 0 saturated carbocycles. The van der Waals surface area contributed by atoms with Gasteiger partial charge in [-0.05, 0) is 44.6 Å². The third-order valence-corrected chi connectivity index (χ3v) is 6.13. The number of fused-ring (bicyclic) bond motifs is 3. The number of nitrogens with one attached hydrogen (secondary N) is 1. The quantitative estimate of drug-likeness (QED) is 0.631. The maximum Gasteiger partial charge on any atom is 0.294 e. The molecule has 0 amide bonds. The highest BCUT2D eigenvalue weighted by molar-refractivity contribution is 5.90.